The van der Waals surface area contributed by atoms with Crippen LogP contribution in [0.5, 0.6) is 0 Å². The van der Waals surface area contributed by atoms with E-state index in [0.29, 0.717) is 0 Å². The van der Waals surface area contributed by atoms with Crippen molar-refractivity contribution < 1.29 is 82.5 Å². The zero-order chi connectivity index (χ0) is 41.0. The quantitative estimate of drug-likeness (QED) is 0.134. The van der Waals surface area contributed by atoms with Crippen molar-refractivity contribution in [3.63, 3.8) is 0 Å². The van der Waals surface area contributed by atoms with Gasteiger partial charge in [0.1, 0.15) is 21.9 Å². The second-order valence-corrected chi connectivity index (χ2v) is 13.4. The molecule has 0 fully saturated rings. The first-order chi connectivity index (χ1) is 22.3. The molecule has 17 nitrogen and oxygen atoms in total. The Kier molecular flexibility index (Phi) is 51.8. The van der Waals surface area contributed by atoms with Crippen molar-refractivity contribution in [2.24, 2.45) is 0 Å². The van der Waals surface area contributed by atoms with Gasteiger partial charge in [-0.15, -0.1) is 0 Å². The molecule has 1 unspecified atom stereocenters. The van der Waals surface area contributed by atoms with Crippen molar-refractivity contribution in [1.82, 2.24) is 0 Å². The Hall–Kier alpha value is -2.85. The predicted octanol–water partition coefficient (Wildman–Crippen LogP) is 2.11. The van der Waals surface area contributed by atoms with Crippen molar-refractivity contribution in [1.29, 1.82) is 0 Å². The molecule has 4 N–H and O–H groups in total. The molecule has 0 bridgehead atoms. The lowest BCUT2D eigenvalue weighted by Gasteiger charge is -2.04. The first-order valence-electron chi connectivity index (χ1n) is 13.3. The van der Waals surface area contributed by atoms with Crippen LogP contribution in [0.1, 0.15) is 62.3 Å². The molecule has 0 amide bonds. The zero-order valence-electron chi connectivity index (χ0n) is 30.2. The fraction of sp³-hybridized carbons (Fsp3) is 0.679. The summed E-state index contributed by atoms with van der Waals surface area (Å²) in [6.45, 7) is 13.0. The first kappa shape index (κ1) is 61.4. The van der Waals surface area contributed by atoms with E-state index < -0.39 is 29.3 Å². The molecule has 0 spiro atoms. The Morgan fingerprint density at radius 2 is 0.735 bits per heavy atom. The highest BCUT2D eigenvalue weighted by atomic mass is 32.2. The Morgan fingerprint density at radius 1 is 0.510 bits per heavy atom. The number of aliphatic hydroxyl groups is 2. The predicted molar refractivity (Wildman–Crippen MR) is 190 cm³/mol. The van der Waals surface area contributed by atoms with Crippen LogP contribution >= 0.6 is 47.9 Å². The number of rotatable bonds is 8. The van der Waals surface area contributed by atoms with E-state index in [9.17, 15) is 38.4 Å². The summed E-state index contributed by atoms with van der Waals surface area (Å²) in [6.07, 6.45) is -0.995. The largest absolute Gasteiger partial charge is 0.481 e. The molecule has 0 heterocycles. The third kappa shape index (κ3) is 60.9. The summed E-state index contributed by atoms with van der Waals surface area (Å²) in [5, 5.41) is 29.0. The number of esters is 4. The number of carboxylic acids is 2. The van der Waals surface area contributed by atoms with Gasteiger partial charge in [-0.2, -0.15) is 12.6 Å². The Bertz CT molecular complexity index is 915. The zero-order valence-corrected chi connectivity index (χ0v) is 33.5. The maximum atomic E-state index is 10.7. The summed E-state index contributed by atoms with van der Waals surface area (Å²) < 4.78 is 17.2. The summed E-state index contributed by atoms with van der Waals surface area (Å²) in [5.41, 5.74) is 0. The minimum Gasteiger partial charge on any atom is -0.481 e. The average molecular weight is 789 g/mol. The number of aliphatic hydroxyl groups excluding tert-OH is 2. The summed E-state index contributed by atoms with van der Waals surface area (Å²) >= 11 is 6.57. The maximum Gasteiger partial charge on any atom is 0.334 e. The van der Waals surface area contributed by atoms with Gasteiger partial charge in [-0.05, 0) is 34.6 Å². The summed E-state index contributed by atoms with van der Waals surface area (Å²) in [7, 11) is 6.18. The van der Waals surface area contributed by atoms with E-state index in [1.54, 1.807) is 20.8 Å². The van der Waals surface area contributed by atoms with E-state index in [4.69, 9.17) is 25.2 Å². The Balaban J connectivity index is -0.0000000870. The number of aliphatic carboxylic acids is 2. The highest BCUT2D eigenvalue weighted by molar-refractivity contribution is 8.15. The van der Waals surface area contributed by atoms with E-state index in [1.807, 2.05) is 0 Å². The molecule has 49 heavy (non-hydrogen) atoms. The monoisotopic (exact) mass is 788 g/mol. The number of methoxy groups -OCH3 is 4. The molecular formula is C28H52O17S4. The number of ether oxygens (including phenoxy) is 4. The van der Waals surface area contributed by atoms with Crippen molar-refractivity contribution in [3.05, 3.63) is 0 Å². The van der Waals surface area contributed by atoms with E-state index in [1.165, 1.54) is 63.1 Å². The van der Waals surface area contributed by atoms with Gasteiger partial charge < -0.3 is 39.4 Å². The molecule has 21 heteroatoms. The van der Waals surface area contributed by atoms with Gasteiger partial charge in [0.25, 0.3) is 5.97 Å². The van der Waals surface area contributed by atoms with Crippen molar-refractivity contribution in [3.8, 4) is 0 Å². The Labute approximate surface area is 305 Å². The van der Waals surface area contributed by atoms with Crippen LogP contribution in [0.2, 0.25) is 0 Å². The molecule has 290 valence electrons. The second kappa shape index (κ2) is 41.3. The second-order valence-electron chi connectivity index (χ2n) is 8.06. The number of carbonyl (C=O) groups is 9. The lowest BCUT2D eigenvalue weighted by atomic mass is 10.4. The number of hydrogen-bond donors (Lipinski definition) is 5. The molecule has 0 aromatic carbocycles. The molecule has 0 aliphatic carbocycles. The highest BCUT2D eigenvalue weighted by Crippen LogP contribution is 2.12. The first-order valence-corrected chi connectivity index (χ1v) is 16.5. The number of thiol groups is 1. The number of thioether (sulfide) groups is 3. The average Bonchev–Trinajstić information content (AvgIpc) is 3.00. The molecule has 0 saturated heterocycles. The third-order valence-electron chi connectivity index (χ3n) is 3.53. The molecule has 0 aromatic rings. The van der Waals surface area contributed by atoms with Crippen LogP contribution in [-0.4, -0.2) is 134 Å². The third-order valence-corrected chi connectivity index (χ3v) is 6.38. The molecule has 0 rings (SSSR count). The van der Waals surface area contributed by atoms with Crippen molar-refractivity contribution >= 4 is 99.1 Å². The van der Waals surface area contributed by atoms with Crippen molar-refractivity contribution in [2.75, 3.05) is 35.5 Å². The van der Waals surface area contributed by atoms with Gasteiger partial charge in [0, 0.05) is 34.8 Å². The van der Waals surface area contributed by atoms with Crippen LogP contribution in [0.15, 0.2) is 0 Å². The van der Waals surface area contributed by atoms with Gasteiger partial charge in [0.05, 0.1) is 33.7 Å². The van der Waals surface area contributed by atoms with Gasteiger partial charge in [-0.1, -0.05) is 35.3 Å². The van der Waals surface area contributed by atoms with Gasteiger partial charge in [-0.3, -0.25) is 38.4 Å². The molecule has 0 saturated carbocycles. The van der Waals surface area contributed by atoms with Gasteiger partial charge in [0.2, 0.25) is 0 Å². The number of hydrogen-bond acceptors (Lipinski definition) is 19. The fourth-order valence-corrected chi connectivity index (χ4v) is 3.65. The summed E-state index contributed by atoms with van der Waals surface area (Å²) in [4.78, 5) is 91.7. The van der Waals surface area contributed by atoms with Crippen LogP contribution in [0.3, 0.4) is 0 Å². The van der Waals surface area contributed by atoms with Crippen LogP contribution in [0, 0.1) is 0 Å². The fourth-order valence-electron chi connectivity index (χ4n) is 1.57. The highest BCUT2D eigenvalue weighted by Gasteiger charge is 2.16. The van der Waals surface area contributed by atoms with Crippen LogP contribution in [0.4, 0.5) is 0 Å². The molecule has 5 atom stereocenters. The van der Waals surface area contributed by atoms with Crippen LogP contribution in [0.25, 0.3) is 0 Å². The SMILES string of the molecule is CC(=O)O.CC(=O)SC(C)C(=O)O.CO.COC(=O)[C@@H](C)S.COC(=O)[C@@H](C)SC(C)=O.COC(=O)[C@@H](C)SC(C)=O.COC(=O)[C@H](C)O. The van der Waals surface area contributed by atoms with E-state index in [2.05, 4.69) is 31.6 Å². The molecule has 0 radical (unpaired) electrons. The van der Waals surface area contributed by atoms with Gasteiger partial charge >= 0.3 is 29.8 Å². The molecule has 0 aromatic heterocycles. The maximum absolute atomic E-state index is 10.7. The van der Waals surface area contributed by atoms with E-state index in [0.717, 1.165) is 49.3 Å². The molecule has 0 aliphatic heterocycles. The van der Waals surface area contributed by atoms with E-state index >= 15 is 0 Å². The number of carbonyl (C=O) groups excluding carboxylic acids is 7. The Morgan fingerprint density at radius 3 is 0.816 bits per heavy atom. The topological polar surface area (TPSA) is 271 Å². The van der Waals surface area contributed by atoms with Crippen LogP contribution in [-0.2, 0) is 62.1 Å². The summed E-state index contributed by atoms with van der Waals surface area (Å²) in [5.74, 6) is -3.39. The smallest absolute Gasteiger partial charge is 0.334 e. The minimum atomic E-state index is -0.995. The van der Waals surface area contributed by atoms with Gasteiger partial charge in [0.15, 0.2) is 15.3 Å². The van der Waals surface area contributed by atoms with Gasteiger partial charge in [-0.25, -0.2) is 4.79 Å². The summed E-state index contributed by atoms with van der Waals surface area (Å²) in [6, 6.07) is 0. The molecular weight excluding hydrogens is 737 g/mol. The minimum absolute atomic E-state index is 0.0714. The normalized spacial score (nSPS) is 11.7. The van der Waals surface area contributed by atoms with E-state index in [-0.39, 0.29) is 49.0 Å². The molecule has 0 aliphatic rings. The van der Waals surface area contributed by atoms with Crippen LogP contribution < -0.4 is 0 Å². The lowest BCUT2D eigenvalue weighted by Crippen LogP contribution is -2.16. The lowest BCUT2D eigenvalue weighted by molar-refractivity contribution is -0.149. The number of carboxylic acid groups (broad SMARTS) is 2. The van der Waals surface area contributed by atoms with Crippen molar-refractivity contribution in [2.45, 2.75) is 89.4 Å². The standard InChI is InChI=1S/2C6H10O3S.C5H8O3S.C4H8O3.C4H8O2S.C2H4O2.CH4O/c2*1-4(6(8)9-3)10-5(2)7;1-3(5(7)8)9-4(2)6;1-3(5)4(6)7-2;1-3(7)4(5)6-2;1-2(3)4;1-2/h2*4H,1-3H3;3H,1-2H3,(H,7,8);3,5H,1-2H3;3,7H,1-2H3;1H3,(H,3,4);2H,1H3/t2*4-;;2*3-;;/m11.01../s1.